The lowest BCUT2D eigenvalue weighted by molar-refractivity contribution is 0.160. The Bertz CT molecular complexity index is 879. The van der Waals surface area contributed by atoms with Gasteiger partial charge in [-0.25, -0.2) is 9.97 Å². The number of rotatable bonds is 3. The van der Waals surface area contributed by atoms with E-state index < -0.39 is 0 Å². The summed E-state index contributed by atoms with van der Waals surface area (Å²) in [7, 11) is 0. The van der Waals surface area contributed by atoms with Crippen molar-refractivity contribution in [1.29, 1.82) is 5.26 Å². The standard InChI is InChI=1S/C15H15N7/c1-10-12(13-11-2-5-18-14(11)20-9-19-13)6-22(21-10)15(3-4-16)7-17-8-15/h2,5-6,9,17H,3,7-8H2,1H3,(H,18,19,20). The Morgan fingerprint density at radius 3 is 3.00 bits per heavy atom. The second-order valence-corrected chi connectivity index (χ2v) is 5.70. The molecule has 0 atom stereocenters. The number of aryl methyl sites for hydroxylation is 1. The van der Waals surface area contributed by atoms with Crippen molar-refractivity contribution in [3.63, 3.8) is 0 Å². The van der Waals surface area contributed by atoms with Gasteiger partial charge in [-0.2, -0.15) is 10.4 Å². The maximum Gasteiger partial charge on any atom is 0.141 e. The normalized spacial score (nSPS) is 16.4. The second-order valence-electron chi connectivity index (χ2n) is 5.70. The zero-order chi connectivity index (χ0) is 15.2. The molecule has 0 radical (unpaired) electrons. The highest BCUT2D eigenvalue weighted by molar-refractivity contribution is 5.90. The number of hydrogen-bond acceptors (Lipinski definition) is 5. The monoisotopic (exact) mass is 293 g/mol. The van der Waals surface area contributed by atoms with Crippen molar-refractivity contribution in [2.24, 2.45) is 0 Å². The summed E-state index contributed by atoms with van der Waals surface area (Å²) in [5, 5.41) is 18.0. The summed E-state index contributed by atoms with van der Waals surface area (Å²) in [5.74, 6) is 0. The van der Waals surface area contributed by atoms with Gasteiger partial charge in [0.25, 0.3) is 0 Å². The van der Waals surface area contributed by atoms with Crippen LogP contribution in [0.15, 0.2) is 24.8 Å². The van der Waals surface area contributed by atoms with Crippen LogP contribution in [0, 0.1) is 18.3 Å². The number of aromatic nitrogens is 5. The van der Waals surface area contributed by atoms with E-state index in [0.29, 0.717) is 6.42 Å². The molecule has 4 heterocycles. The maximum absolute atomic E-state index is 9.09. The van der Waals surface area contributed by atoms with Crippen LogP contribution in [0.3, 0.4) is 0 Å². The van der Waals surface area contributed by atoms with Gasteiger partial charge in [0.2, 0.25) is 0 Å². The summed E-state index contributed by atoms with van der Waals surface area (Å²) in [4.78, 5) is 11.8. The highest BCUT2D eigenvalue weighted by Crippen LogP contribution is 2.31. The number of hydrogen-bond donors (Lipinski definition) is 2. The molecule has 0 bridgehead atoms. The van der Waals surface area contributed by atoms with Gasteiger partial charge in [0, 0.05) is 36.4 Å². The summed E-state index contributed by atoms with van der Waals surface area (Å²) in [6, 6.07) is 4.24. The lowest BCUT2D eigenvalue weighted by Gasteiger charge is -2.41. The van der Waals surface area contributed by atoms with Crippen LogP contribution in [-0.4, -0.2) is 37.8 Å². The Kier molecular flexibility index (Phi) is 2.74. The lowest BCUT2D eigenvalue weighted by atomic mass is 9.89. The first-order valence-electron chi connectivity index (χ1n) is 7.16. The van der Waals surface area contributed by atoms with Gasteiger partial charge in [-0.05, 0) is 13.0 Å². The first-order valence-corrected chi connectivity index (χ1v) is 7.16. The molecule has 7 nitrogen and oxygen atoms in total. The van der Waals surface area contributed by atoms with E-state index in [-0.39, 0.29) is 5.54 Å². The van der Waals surface area contributed by atoms with Crippen molar-refractivity contribution in [3.8, 4) is 17.3 Å². The molecular weight excluding hydrogens is 278 g/mol. The fraction of sp³-hybridized carbons (Fsp3) is 0.333. The molecule has 0 unspecified atom stereocenters. The maximum atomic E-state index is 9.09. The van der Waals surface area contributed by atoms with Crippen molar-refractivity contribution < 1.29 is 0 Å². The van der Waals surface area contributed by atoms with E-state index in [1.807, 2.05) is 30.1 Å². The highest BCUT2D eigenvalue weighted by atomic mass is 15.4. The van der Waals surface area contributed by atoms with Crippen LogP contribution >= 0.6 is 0 Å². The van der Waals surface area contributed by atoms with Crippen molar-refractivity contribution in [3.05, 3.63) is 30.5 Å². The molecule has 4 rings (SSSR count). The SMILES string of the molecule is Cc1nn(C2(CC#N)CNC2)cc1-c1ncnc2[nH]ccc12. The largest absolute Gasteiger partial charge is 0.346 e. The first kappa shape index (κ1) is 13.0. The minimum atomic E-state index is -0.234. The van der Waals surface area contributed by atoms with Crippen molar-refractivity contribution >= 4 is 11.0 Å². The molecule has 0 spiro atoms. The van der Waals surface area contributed by atoms with Crippen LogP contribution in [0.25, 0.3) is 22.3 Å². The predicted octanol–water partition coefficient (Wildman–Crippen LogP) is 1.34. The Balaban J connectivity index is 1.84. The Hall–Kier alpha value is -2.72. The number of nitrogens with one attached hydrogen (secondary N) is 2. The molecule has 2 N–H and O–H groups in total. The van der Waals surface area contributed by atoms with Crippen molar-refractivity contribution in [2.75, 3.05) is 13.1 Å². The third kappa shape index (κ3) is 1.74. The van der Waals surface area contributed by atoms with E-state index in [0.717, 1.165) is 41.1 Å². The molecule has 22 heavy (non-hydrogen) atoms. The van der Waals surface area contributed by atoms with Gasteiger partial charge < -0.3 is 10.3 Å². The summed E-state index contributed by atoms with van der Waals surface area (Å²) < 4.78 is 1.93. The van der Waals surface area contributed by atoms with Gasteiger partial charge in [-0.3, -0.25) is 4.68 Å². The average molecular weight is 293 g/mol. The number of nitriles is 1. The van der Waals surface area contributed by atoms with Gasteiger partial charge in [-0.15, -0.1) is 0 Å². The first-order chi connectivity index (χ1) is 10.7. The predicted molar refractivity (Wildman–Crippen MR) is 80.9 cm³/mol. The highest BCUT2D eigenvalue weighted by Gasteiger charge is 2.40. The van der Waals surface area contributed by atoms with Crippen LogP contribution in [0.1, 0.15) is 12.1 Å². The summed E-state index contributed by atoms with van der Waals surface area (Å²) in [5.41, 5.74) is 3.34. The van der Waals surface area contributed by atoms with E-state index in [4.69, 9.17) is 5.26 Å². The van der Waals surface area contributed by atoms with Gasteiger partial charge in [0.1, 0.15) is 17.5 Å². The Morgan fingerprint density at radius 2 is 2.27 bits per heavy atom. The van der Waals surface area contributed by atoms with E-state index in [2.05, 4.69) is 31.4 Å². The summed E-state index contributed by atoms with van der Waals surface area (Å²) in [6.45, 7) is 3.51. The summed E-state index contributed by atoms with van der Waals surface area (Å²) in [6.07, 6.45) is 5.86. The molecule has 0 aromatic carbocycles. The third-order valence-electron chi connectivity index (χ3n) is 4.31. The quantitative estimate of drug-likeness (QED) is 0.760. The zero-order valence-electron chi connectivity index (χ0n) is 12.2. The van der Waals surface area contributed by atoms with E-state index in [1.54, 1.807) is 6.33 Å². The number of nitrogens with zero attached hydrogens (tertiary/aromatic N) is 5. The molecule has 0 aliphatic carbocycles. The second kappa shape index (κ2) is 4.64. The smallest absolute Gasteiger partial charge is 0.141 e. The lowest BCUT2D eigenvalue weighted by Crippen LogP contribution is -2.60. The fourth-order valence-corrected chi connectivity index (χ4v) is 2.95. The van der Waals surface area contributed by atoms with Gasteiger partial charge in [0.15, 0.2) is 0 Å². The molecule has 1 fully saturated rings. The van der Waals surface area contributed by atoms with Gasteiger partial charge in [-0.1, -0.05) is 0 Å². The minimum absolute atomic E-state index is 0.234. The molecular formula is C15H15N7. The van der Waals surface area contributed by atoms with Crippen LogP contribution in [0.5, 0.6) is 0 Å². The molecule has 3 aromatic rings. The minimum Gasteiger partial charge on any atom is -0.346 e. The average Bonchev–Trinajstić information content (AvgIpc) is 3.09. The number of aromatic amines is 1. The number of fused-ring (bicyclic) bond motifs is 1. The van der Waals surface area contributed by atoms with E-state index in [1.165, 1.54) is 0 Å². The van der Waals surface area contributed by atoms with E-state index >= 15 is 0 Å². The molecule has 0 amide bonds. The molecule has 1 aliphatic rings. The summed E-state index contributed by atoms with van der Waals surface area (Å²) >= 11 is 0. The molecule has 1 saturated heterocycles. The number of H-pyrrole nitrogens is 1. The van der Waals surface area contributed by atoms with E-state index in [9.17, 15) is 0 Å². The van der Waals surface area contributed by atoms with Crippen LogP contribution < -0.4 is 5.32 Å². The Morgan fingerprint density at radius 1 is 1.41 bits per heavy atom. The van der Waals surface area contributed by atoms with Crippen LogP contribution in [0.2, 0.25) is 0 Å². The van der Waals surface area contributed by atoms with Crippen LogP contribution in [-0.2, 0) is 5.54 Å². The molecule has 3 aromatic heterocycles. The molecule has 1 aliphatic heterocycles. The molecule has 0 saturated carbocycles. The van der Waals surface area contributed by atoms with Gasteiger partial charge in [0.05, 0.1) is 23.9 Å². The zero-order valence-corrected chi connectivity index (χ0v) is 12.2. The van der Waals surface area contributed by atoms with Crippen molar-refractivity contribution in [1.82, 2.24) is 30.0 Å². The van der Waals surface area contributed by atoms with Gasteiger partial charge >= 0.3 is 0 Å². The van der Waals surface area contributed by atoms with Crippen molar-refractivity contribution in [2.45, 2.75) is 18.9 Å². The third-order valence-corrected chi connectivity index (χ3v) is 4.31. The Labute approximate surface area is 127 Å². The molecule has 110 valence electrons. The fourth-order valence-electron chi connectivity index (χ4n) is 2.95. The van der Waals surface area contributed by atoms with Crippen LogP contribution in [0.4, 0.5) is 0 Å². The molecule has 7 heteroatoms. The topological polar surface area (TPSA) is 95.2 Å².